The van der Waals surface area contributed by atoms with Gasteiger partial charge in [-0.3, -0.25) is 0 Å². The van der Waals surface area contributed by atoms with Crippen LogP contribution < -0.4 is 10.2 Å². The number of halogens is 2. The summed E-state index contributed by atoms with van der Waals surface area (Å²) < 4.78 is 11.3. The van der Waals surface area contributed by atoms with E-state index in [4.69, 9.17) is 24.8 Å². The van der Waals surface area contributed by atoms with Crippen LogP contribution in [0.2, 0.25) is 0 Å². The van der Waals surface area contributed by atoms with E-state index in [9.17, 15) is 14.7 Å². The number of quaternary nitrogens is 2. The third kappa shape index (κ3) is 59.2. The molecule has 206 valence electrons. The highest BCUT2D eigenvalue weighted by Gasteiger charge is 2.09. The lowest BCUT2D eigenvalue weighted by molar-refractivity contribution is -0.870. The summed E-state index contributed by atoms with van der Waals surface area (Å²) in [5.74, 6) is -2.61. The van der Waals surface area contributed by atoms with Crippen LogP contribution in [0.3, 0.4) is 0 Å². The number of carbonyl (C=O) groups excluding carboxylic acids is 3. The van der Waals surface area contributed by atoms with Gasteiger partial charge >= 0.3 is 11.9 Å². The number of likely N-dealkylation sites (N-methyl/N-ethyl adjacent to an activating group) is 2. The fraction of sp³-hybridized carbons (Fsp3) is 0.478. The Morgan fingerprint density at radius 2 is 1.11 bits per heavy atom. The number of rotatable bonds is 10. The van der Waals surface area contributed by atoms with Gasteiger partial charge in [-0.1, -0.05) is 32.4 Å². The fourth-order valence-corrected chi connectivity index (χ4v) is 1.01. The molecule has 0 radical (unpaired) electrons. The number of carbonyl (C=O) groups is 3. The van der Waals surface area contributed by atoms with Gasteiger partial charge in [0.1, 0.15) is 26.3 Å². The summed E-state index contributed by atoms with van der Waals surface area (Å²) in [6.07, 6.45) is 2.84. The Hall–Kier alpha value is -2.66. The van der Waals surface area contributed by atoms with Crippen molar-refractivity contribution in [1.82, 2.24) is 0 Å². The Morgan fingerprint density at radius 1 is 0.800 bits per heavy atom. The fourth-order valence-electron chi connectivity index (χ4n) is 1.01. The molecule has 0 aliphatic heterocycles. The Balaban J connectivity index is -0.0000000842. The molecule has 0 heterocycles. The molecule has 0 aromatic heterocycles. The van der Waals surface area contributed by atoms with Crippen LogP contribution in [0.5, 0.6) is 0 Å². The molecule has 10 nitrogen and oxygen atoms in total. The number of ether oxygens (including phenoxy) is 2. The van der Waals surface area contributed by atoms with E-state index in [-0.39, 0.29) is 36.8 Å². The lowest BCUT2D eigenvalue weighted by atomic mass is 10.4. The lowest BCUT2D eigenvalue weighted by Gasteiger charge is -2.23. The van der Waals surface area contributed by atoms with Crippen LogP contribution in [0.4, 0.5) is 0 Å². The summed E-state index contributed by atoms with van der Waals surface area (Å²) >= 11 is 0. The zero-order chi connectivity index (χ0) is 27.3. The second kappa shape index (κ2) is 26.0. The predicted octanol–water partition coefficient (Wildman–Crippen LogP) is 0.510. The average Bonchev–Trinajstić information content (AvgIpc) is 2.67. The second-order valence-electron chi connectivity index (χ2n) is 8.41. The smallest absolute Gasteiger partial charge is 0.333 e. The monoisotopic (exact) mass is 543 g/mol. The highest BCUT2D eigenvalue weighted by molar-refractivity contribution is 5.87. The second-order valence-corrected chi connectivity index (χ2v) is 8.41. The summed E-state index contributed by atoms with van der Waals surface area (Å²) in [7, 11) is 12.3. The first kappa shape index (κ1) is 45.8. The average molecular weight is 545 g/mol. The molecule has 35 heavy (non-hydrogen) atoms. The van der Waals surface area contributed by atoms with Gasteiger partial charge in [0.15, 0.2) is 0 Å². The summed E-state index contributed by atoms with van der Waals surface area (Å²) in [5, 5.41) is 24.6. The van der Waals surface area contributed by atoms with Gasteiger partial charge in [0, 0.05) is 11.6 Å². The molecular formula is C23H43Cl2N3O7. The van der Waals surface area contributed by atoms with Crippen molar-refractivity contribution in [2.45, 2.75) is 6.92 Å². The van der Waals surface area contributed by atoms with Crippen molar-refractivity contribution >= 4 is 48.6 Å². The molecule has 0 rings (SSSR count). The molecule has 0 aliphatic carbocycles. The first-order chi connectivity index (χ1) is 14.8. The summed E-state index contributed by atoms with van der Waals surface area (Å²) in [6, 6.07) is 0. The number of carboxylic acid groups (broad SMARTS) is 1. The van der Waals surface area contributed by atoms with Crippen molar-refractivity contribution in [3.8, 4) is 0 Å². The van der Waals surface area contributed by atoms with Gasteiger partial charge in [-0.25, -0.2) is 9.59 Å². The first-order valence-electron chi connectivity index (χ1n) is 9.77. The minimum absolute atomic E-state index is 0. The highest BCUT2D eigenvalue weighted by Crippen LogP contribution is 1.94. The Bertz CT molecular complexity index is 651. The molecule has 0 fully saturated rings. The van der Waals surface area contributed by atoms with Crippen molar-refractivity contribution < 1.29 is 43.0 Å². The molecule has 0 atom stereocenters. The van der Waals surface area contributed by atoms with Crippen LogP contribution in [0.25, 0.3) is 0 Å². The number of hydrogen-bond acceptors (Lipinski definition) is 8. The first-order valence-corrected chi connectivity index (χ1v) is 9.77. The molecule has 0 saturated heterocycles. The minimum atomic E-state index is -1.23. The van der Waals surface area contributed by atoms with E-state index in [1.165, 1.54) is 6.08 Å². The van der Waals surface area contributed by atoms with E-state index >= 15 is 0 Å². The summed E-state index contributed by atoms with van der Waals surface area (Å²) in [5.41, 5.74) is 0.455. The molecule has 0 amide bonds. The van der Waals surface area contributed by atoms with Gasteiger partial charge in [-0.15, -0.1) is 24.8 Å². The van der Waals surface area contributed by atoms with Gasteiger partial charge in [0.25, 0.3) is 0 Å². The molecule has 0 aromatic rings. The van der Waals surface area contributed by atoms with E-state index in [1.54, 1.807) is 6.92 Å². The quantitative estimate of drug-likeness (QED) is 0.139. The molecule has 0 aromatic carbocycles. The maximum absolute atomic E-state index is 10.9. The number of carboxylic acids is 1. The number of hydrogen-bond donors (Lipinski definition) is 1. The van der Waals surface area contributed by atoms with Crippen molar-refractivity contribution in [2.24, 2.45) is 0 Å². The Labute approximate surface area is 222 Å². The third-order valence-electron chi connectivity index (χ3n) is 2.87. The van der Waals surface area contributed by atoms with Crippen LogP contribution in [-0.2, 0) is 23.9 Å². The number of esters is 2. The van der Waals surface area contributed by atoms with Crippen LogP contribution in [0, 0.1) is 5.41 Å². The molecule has 1 N–H and O–H groups in total. The summed E-state index contributed by atoms with van der Waals surface area (Å²) in [4.78, 5) is 30.6. The summed E-state index contributed by atoms with van der Waals surface area (Å²) in [6.45, 7) is 16.9. The van der Waals surface area contributed by atoms with E-state index < -0.39 is 11.9 Å². The van der Waals surface area contributed by atoms with Crippen LogP contribution in [0.15, 0.2) is 50.1 Å². The van der Waals surface area contributed by atoms with E-state index in [0.717, 1.165) is 34.2 Å². The largest absolute Gasteiger partial charge is 0.859 e. The third-order valence-corrected chi connectivity index (χ3v) is 2.87. The minimum Gasteiger partial charge on any atom is -0.859 e. The normalized spacial score (nSPS) is 9.00. The van der Waals surface area contributed by atoms with Crippen molar-refractivity contribution in [3.05, 3.63) is 50.1 Å². The maximum atomic E-state index is 10.9. The molecule has 12 heteroatoms. The highest BCUT2D eigenvalue weighted by atomic mass is 35.5. The van der Waals surface area contributed by atoms with E-state index in [2.05, 4.69) is 47.5 Å². The number of nitrogens with one attached hydrogen (secondary N) is 1. The van der Waals surface area contributed by atoms with E-state index in [0.29, 0.717) is 18.8 Å². The SMILES string of the molecule is C=C(C)C(=O)OCC[N+](C)(C)C.C=CC(=N)[O-].C=CC(=O)OCC[N+](C)(C)C.C=CC(=O)[O-].Cl.Cl. The molecule has 0 spiro atoms. The van der Waals surface area contributed by atoms with E-state index in [1.807, 2.05) is 21.1 Å². The van der Waals surface area contributed by atoms with Crippen LogP contribution in [0.1, 0.15) is 6.92 Å². The molecule has 0 aliphatic rings. The van der Waals surface area contributed by atoms with Gasteiger partial charge < -0.3 is 38.9 Å². The Kier molecular flexibility index (Phi) is 33.9. The maximum Gasteiger partial charge on any atom is 0.333 e. The molecule has 0 unspecified atom stereocenters. The van der Waals surface area contributed by atoms with Gasteiger partial charge in [-0.05, 0) is 18.9 Å². The van der Waals surface area contributed by atoms with Gasteiger partial charge in [-0.2, -0.15) is 0 Å². The zero-order valence-electron chi connectivity index (χ0n) is 22.0. The topological polar surface area (TPSA) is 140 Å². The van der Waals surface area contributed by atoms with Gasteiger partial charge in [0.2, 0.25) is 0 Å². The van der Waals surface area contributed by atoms with Crippen molar-refractivity contribution in [2.75, 3.05) is 68.6 Å². The van der Waals surface area contributed by atoms with Crippen LogP contribution >= 0.6 is 24.8 Å². The van der Waals surface area contributed by atoms with Crippen molar-refractivity contribution in [3.63, 3.8) is 0 Å². The molecule has 0 saturated carbocycles. The van der Waals surface area contributed by atoms with Gasteiger partial charge in [0.05, 0.1) is 48.3 Å². The predicted molar refractivity (Wildman–Crippen MR) is 140 cm³/mol. The molecular weight excluding hydrogens is 501 g/mol. The van der Waals surface area contributed by atoms with Crippen molar-refractivity contribution in [1.29, 1.82) is 5.41 Å². The Morgan fingerprint density at radius 3 is 1.31 bits per heavy atom. The number of aliphatic carboxylic acids is 1. The zero-order valence-corrected chi connectivity index (χ0v) is 23.6. The lowest BCUT2D eigenvalue weighted by Crippen LogP contribution is -2.38. The standard InChI is InChI=1S/C9H18NO2.C8H16NO2.C3H5NO.C3H4O2.2ClH/c1-8(2)9(11)12-7-6-10(3,4)5;1-5-8(10)11-7-6-9(2,3)4;2*1-2-3(4)5;;/h1,6-7H2,2-5H3;5H,1,6-7H2,2-4H3;2H,1H2,(H2,4,5);2H,1H2,(H,4,5);2*1H/q2*+1;;;;/p-2. The number of nitrogens with zero attached hydrogens (tertiary/aromatic N) is 2. The molecule has 0 bridgehead atoms. The van der Waals surface area contributed by atoms with Crippen LogP contribution in [-0.4, -0.2) is 101 Å².